The first-order chi connectivity index (χ1) is 16.6. The fourth-order valence-electron chi connectivity index (χ4n) is 4.12. The second-order valence-corrected chi connectivity index (χ2v) is 8.64. The first kappa shape index (κ1) is 24.0. The molecule has 0 radical (unpaired) electrons. The maximum Gasteiger partial charge on any atom is 0.317 e. The van der Waals surface area contributed by atoms with Gasteiger partial charge in [-0.25, -0.2) is 14.8 Å². The summed E-state index contributed by atoms with van der Waals surface area (Å²) in [4.78, 5) is 26.4. The number of hydrogen-bond acceptors (Lipinski definition) is 5. The number of ether oxygens (including phenoxy) is 1. The number of halogens is 1. The maximum atomic E-state index is 12.3. The van der Waals surface area contributed by atoms with Gasteiger partial charge in [-0.15, -0.1) is 0 Å². The van der Waals surface area contributed by atoms with Crippen LogP contribution >= 0.6 is 11.6 Å². The highest BCUT2D eigenvalue weighted by Gasteiger charge is 2.26. The number of nitrogens with one attached hydrogen (secondary N) is 1. The average Bonchev–Trinajstić information content (AvgIpc) is 2.87. The van der Waals surface area contributed by atoms with Crippen molar-refractivity contribution >= 4 is 23.4 Å². The molecule has 0 aliphatic carbocycles. The van der Waals surface area contributed by atoms with Gasteiger partial charge in [0.15, 0.2) is 5.82 Å². The Labute approximate surface area is 205 Å². The van der Waals surface area contributed by atoms with Crippen molar-refractivity contribution in [3.8, 4) is 11.4 Å². The van der Waals surface area contributed by atoms with Crippen molar-refractivity contribution < 1.29 is 9.53 Å². The third-order valence-electron chi connectivity index (χ3n) is 5.87. The van der Waals surface area contributed by atoms with Crippen molar-refractivity contribution in [3.05, 3.63) is 76.4 Å². The number of anilines is 1. The number of rotatable bonds is 7. The SMILES string of the molecule is CCNC(=O)N1CCN(c2nc(-c3ccccc3)nc(COC)c2Cc2ccc(Cl)cc2)CC1. The number of amides is 2. The third kappa shape index (κ3) is 5.66. The Bertz CT molecular complexity index is 1100. The smallest absolute Gasteiger partial charge is 0.317 e. The molecule has 178 valence electrons. The van der Waals surface area contributed by atoms with Crippen LogP contribution < -0.4 is 10.2 Å². The lowest BCUT2D eigenvalue weighted by atomic mass is 10.0. The third-order valence-corrected chi connectivity index (χ3v) is 6.12. The summed E-state index contributed by atoms with van der Waals surface area (Å²) in [6.07, 6.45) is 0.663. The molecule has 0 bridgehead atoms. The summed E-state index contributed by atoms with van der Waals surface area (Å²) < 4.78 is 5.54. The molecule has 8 heteroatoms. The summed E-state index contributed by atoms with van der Waals surface area (Å²) in [6, 6.07) is 17.8. The molecule has 1 aromatic heterocycles. The molecular formula is C26H30ClN5O2. The van der Waals surface area contributed by atoms with Crippen LogP contribution in [0.5, 0.6) is 0 Å². The molecule has 1 saturated heterocycles. The van der Waals surface area contributed by atoms with Crippen LogP contribution in [-0.2, 0) is 17.8 Å². The minimum atomic E-state index is -0.0173. The summed E-state index contributed by atoms with van der Waals surface area (Å²) in [6.45, 7) is 5.60. The topological polar surface area (TPSA) is 70.6 Å². The van der Waals surface area contributed by atoms with E-state index in [4.69, 9.17) is 26.3 Å². The molecule has 2 heterocycles. The molecule has 34 heavy (non-hydrogen) atoms. The molecule has 0 atom stereocenters. The predicted octanol–water partition coefficient (Wildman–Crippen LogP) is 4.39. The number of hydrogen-bond donors (Lipinski definition) is 1. The molecule has 1 aliphatic heterocycles. The van der Waals surface area contributed by atoms with Gasteiger partial charge in [0, 0.05) is 62.4 Å². The van der Waals surface area contributed by atoms with Crippen LogP contribution in [0, 0.1) is 0 Å². The molecule has 2 amide bonds. The fourth-order valence-corrected chi connectivity index (χ4v) is 4.25. The normalized spacial score (nSPS) is 13.7. The summed E-state index contributed by atoms with van der Waals surface area (Å²) in [5.74, 6) is 1.57. The molecule has 0 unspecified atom stereocenters. The van der Waals surface area contributed by atoms with Crippen LogP contribution in [0.4, 0.5) is 10.6 Å². The van der Waals surface area contributed by atoms with Crippen LogP contribution in [0.15, 0.2) is 54.6 Å². The maximum absolute atomic E-state index is 12.3. The molecule has 7 nitrogen and oxygen atoms in total. The van der Waals surface area contributed by atoms with Crippen molar-refractivity contribution in [2.24, 2.45) is 0 Å². The number of carbonyl (C=O) groups excluding carboxylic acids is 1. The average molecular weight is 480 g/mol. The van der Waals surface area contributed by atoms with Gasteiger partial charge in [-0.1, -0.05) is 54.1 Å². The van der Waals surface area contributed by atoms with Gasteiger partial charge in [-0.3, -0.25) is 0 Å². The van der Waals surface area contributed by atoms with Crippen molar-refractivity contribution in [3.63, 3.8) is 0 Å². The number of carbonyl (C=O) groups is 1. The number of piperazine rings is 1. The lowest BCUT2D eigenvalue weighted by molar-refractivity contribution is 0.180. The molecule has 1 aliphatic rings. The van der Waals surface area contributed by atoms with Gasteiger partial charge in [0.2, 0.25) is 0 Å². The molecule has 1 N–H and O–H groups in total. The van der Waals surface area contributed by atoms with Crippen LogP contribution in [0.1, 0.15) is 23.7 Å². The van der Waals surface area contributed by atoms with Gasteiger partial charge < -0.3 is 19.9 Å². The Kier molecular flexibility index (Phi) is 7.98. The van der Waals surface area contributed by atoms with E-state index in [0.717, 1.165) is 28.2 Å². The second kappa shape index (κ2) is 11.3. The van der Waals surface area contributed by atoms with Gasteiger partial charge >= 0.3 is 6.03 Å². The second-order valence-electron chi connectivity index (χ2n) is 8.21. The molecule has 1 fully saturated rings. The quantitative estimate of drug-likeness (QED) is 0.544. The first-order valence-corrected chi connectivity index (χ1v) is 11.9. The largest absolute Gasteiger partial charge is 0.378 e. The van der Waals surface area contributed by atoms with E-state index in [0.29, 0.717) is 56.6 Å². The van der Waals surface area contributed by atoms with Crippen molar-refractivity contribution in [1.29, 1.82) is 0 Å². The molecule has 2 aromatic carbocycles. The molecule has 4 rings (SSSR count). The van der Waals surface area contributed by atoms with Crippen molar-refractivity contribution in [2.75, 3.05) is 44.7 Å². The highest BCUT2D eigenvalue weighted by atomic mass is 35.5. The minimum absolute atomic E-state index is 0.0173. The van der Waals surface area contributed by atoms with Crippen LogP contribution in [0.2, 0.25) is 5.02 Å². The van der Waals surface area contributed by atoms with E-state index in [1.807, 2.05) is 66.4 Å². The number of urea groups is 1. The zero-order chi connectivity index (χ0) is 23.9. The van der Waals surface area contributed by atoms with Gasteiger partial charge in [0.05, 0.1) is 12.3 Å². The lowest BCUT2D eigenvalue weighted by Crippen LogP contribution is -2.52. The number of nitrogens with zero attached hydrogens (tertiary/aromatic N) is 4. The van der Waals surface area contributed by atoms with Gasteiger partial charge in [0.25, 0.3) is 0 Å². The number of aromatic nitrogens is 2. The van der Waals surface area contributed by atoms with Crippen LogP contribution in [0.25, 0.3) is 11.4 Å². The highest BCUT2D eigenvalue weighted by Crippen LogP contribution is 2.29. The predicted molar refractivity (Wildman–Crippen MR) is 135 cm³/mol. The zero-order valence-electron chi connectivity index (χ0n) is 19.6. The van der Waals surface area contributed by atoms with Crippen molar-refractivity contribution in [1.82, 2.24) is 20.2 Å². The van der Waals surface area contributed by atoms with E-state index in [1.54, 1.807) is 7.11 Å². The van der Waals surface area contributed by atoms with Crippen LogP contribution in [-0.4, -0.2) is 60.7 Å². The summed E-state index contributed by atoms with van der Waals surface area (Å²) in [5, 5.41) is 3.60. The Morgan fingerprint density at radius 2 is 1.74 bits per heavy atom. The van der Waals surface area contributed by atoms with Crippen molar-refractivity contribution in [2.45, 2.75) is 20.0 Å². The van der Waals surface area contributed by atoms with E-state index < -0.39 is 0 Å². The summed E-state index contributed by atoms with van der Waals surface area (Å²) in [5.41, 5.74) is 3.99. The Balaban J connectivity index is 1.72. The monoisotopic (exact) mass is 479 g/mol. The zero-order valence-corrected chi connectivity index (χ0v) is 20.4. The lowest BCUT2D eigenvalue weighted by Gasteiger charge is -2.36. The minimum Gasteiger partial charge on any atom is -0.378 e. The first-order valence-electron chi connectivity index (χ1n) is 11.5. The van der Waals surface area contributed by atoms with Gasteiger partial charge in [-0.2, -0.15) is 0 Å². The molecule has 0 saturated carbocycles. The Hall–Kier alpha value is -3.16. The molecular weight excluding hydrogens is 450 g/mol. The summed E-state index contributed by atoms with van der Waals surface area (Å²) in [7, 11) is 1.68. The number of benzene rings is 2. The number of methoxy groups -OCH3 is 1. The van der Waals surface area contributed by atoms with Crippen LogP contribution in [0.3, 0.4) is 0 Å². The van der Waals surface area contributed by atoms with E-state index in [1.165, 1.54) is 0 Å². The van der Waals surface area contributed by atoms with E-state index >= 15 is 0 Å². The Morgan fingerprint density at radius 1 is 1.03 bits per heavy atom. The highest BCUT2D eigenvalue weighted by molar-refractivity contribution is 6.30. The summed E-state index contributed by atoms with van der Waals surface area (Å²) >= 11 is 6.11. The van der Waals surface area contributed by atoms with Gasteiger partial charge in [0.1, 0.15) is 5.82 Å². The van der Waals surface area contributed by atoms with Gasteiger partial charge in [-0.05, 0) is 24.6 Å². The molecule has 3 aromatic rings. The molecule has 0 spiro atoms. The van der Waals surface area contributed by atoms with E-state index in [2.05, 4.69) is 10.2 Å². The van der Waals surface area contributed by atoms with E-state index in [-0.39, 0.29) is 6.03 Å². The standard InChI is InChI=1S/C26H30ClN5O2/c1-3-28-26(33)32-15-13-31(14-16-32)25-22(17-19-9-11-21(27)12-10-19)23(18-34-2)29-24(30-25)20-7-5-4-6-8-20/h4-12H,3,13-18H2,1-2H3,(H,28,33). The fraction of sp³-hybridized carbons (Fsp3) is 0.346. The van der Waals surface area contributed by atoms with E-state index in [9.17, 15) is 4.79 Å². The Morgan fingerprint density at radius 3 is 2.38 bits per heavy atom.